The molecule has 1 aliphatic carbocycles. The van der Waals surface area contributed by atoms with Gasteiger partial charge in [-0.15, -0.1) is 0 Å². The summed E-state index contributed by atoms with van der Waals surface area (Å²) in [6.45, 7) is 2.98. The van der Waals surface area contributed by atoms with E-state index < -0.39 is 0 Å². The molecule has 1 aliphatic heterocycles. The van der Waals surface area contributed by atoms with E-state index in [1.807, 2.05) is 35.4 Å². The smallest absolute Gasteiger partial charge is 0.254 e. The molecule has 5 rings (SSSR count). The summed E-state index contributed by atoms with van der Waals surface area (Å²) in [5.74, 6) is 2.57. The number of imidazole rings is 1. The van der Waals surface area contributed by atoms with Crippen LogP contribution in [0.4, 0.5) is 5.82 Å². The fourth-order valence-electron chi connectivity index (χ4n) is 3.47. The fourth-order valence-corrected chi connectivity index (χ4v) is 3.47. The van der Waals surface area contributed by atoms with Gasteiger partial charge in [0.1, 0.15) is 11.6 Å². The minimum absolute atomic E-state index is 0.0718. The Morgan fingerprint density at radius 1 is 1.08 bits per heavy atom. The number of nitrogens with zero attached hydrogens (tertiary/aromatic N) is 5. The van der Waals surface area contributed by atoms with E-state index in [-0.39, 0.29) is 5.91 Å². The van der Waals surface area contributed by atoms with Gasteiger partial charge in [0.15, 0.2) is 0 Å². The Hall–Kier alpha value is -2.96. The zero-order valence-electron chi connectivity index (χ0n) is 14.4. The normalized spacial score (nSPS) is 17.7. The van der Waals surface area contributed by atoms with Crippen LogP contribution >= 0.6 is 0 Å². The van der Waals surface area contributed by atoms with E-state index in [2.05, 4.69) is 19.9 Å². The van der Waals surface area contributed by atoms with E-state index >= 15 is 0 Å². The zero-order chi connectivity index (χ0) is 17.5. The average Bonchev–Trinajstić information content (AvgIpc) is 3.45. The van der Waals surface area contributed by atoms with Gasteiger partial charge in [0.2, 0.25) is 0 Å². The van der Waals surface area contributed by atoms with Crippen molar-refractivity contribution >= 4 is 22.8 Å². The summed E-state index contributed by atoms with van der Waals surface area (Å²) in [7, 11) is 0. The second-order valence-corrected chi connectivity index (χ2v) is 6.96. The van der Waals surface area contributed by atoms with Gasteiger partial charge in [0, 0.05) is 43.9 Å². The number of amides is 1. The molecule has 1 saturated heterocycles. The van der Waals surface area contributed by atoms with E-state index in [9.17, 15) is 4.79 Å². The molecule has 7 heteroatoms. The molecule has 2 aliphatic rings. The van der Waals surface area contributed by atoms with E-state index in [0.29, 0.717) is 24.6 Å². The third-order valence-corrected chi connectivity index (χ3v) is 5.16. The third-order valence-electron chi connectivity index (χ3n) is 5.16. The van der Waals surface area contributed by atoms with Crippen LogP contribution < -0.4 is 4.90 Å². The number of carbonyl (C=O) groups excluding carboxylic acids is 1. The lowest BCUT2D eigenvalue weighted by Crippen LogP contribution is -2.49. The zero-order valence-corrected chi connectivity index (χ0v) is 14.4. The highest BCUT2D eigenvalue weighted by atomic mass is 16.2. The quantitative estimate of drug-likeness (QED) is 0.785. The van der Waals surface area contributed by atoms with Gasteiger partial charge in [-0.3, -0.25) is 4.79 Å². The van der Waals surface area contributed by atoms with Crippen LogP contribution in [0, 0.1) is 0 Å². The van der Waals surface area contributed by atoms with Crippen LogP contribution in [-0.2, 0) is 0 Å². The van der Waals surface area contributed by atoms with Crippen molar-refractivity contribution in [3.05, 3.63) is 48.2 Å². The maximum absolute atomic E-state index is 12.8. The lowest BCUT2D eigenvalue weighted by Gasteiger charge is -2.35. The van der Waals surface area contributed by atoms with Crippen LogP contribution in [0.2, 0.25) is 0 Å². The van der Waals surface area contributed by atoms with Crippen LogP contribution in [0.5, 0.6) is 0 Å². The first kappa shape index (κ1) is 15.3. The minimum atomic E-state index is 0.0718. The predicted octanol–water partition coefficient (Wildman–Crippen LogP) is 2.19. The molecular formula is C19H20N6O. The highest BCUT2D eigenvalue weighted by molar-refractivity contribution is 5.97. The van der Waals surface area contributed by atoms with Gasteiger partial charge in [0.05, 0.1) is 17.4 Å². The number of hydrogen-bond acceptors (Lipinski definition) is 5. The molecule has 0 spiro atoms. The number of H-pyrrole nitrogens is 1. The van der Waals surface area contributed by atoms with Gasteiger partial charge in [-0.05, 0) is 37.1 Å². The van der Waals surface area contributed by atoms with Gasteiger partial charge in [-0.2, -0.15) is 0 Å². The molecule has 1 N–H and O–H groups in total. The Morgan fingerprint density at radius 3 is 2.73 bits per heavy atom. The Kier molecular flexibility index (Phi) is 3.58. The van der Waals surface area contributed by atoms with Crippen molar-refractivity contribution in [3.8, 4) is 0 Å². The number of nitrogens with one attached hydrogen (secondary N) is 1. The molecule has 1 saturated carbocycles. The first-order valence-electron chi connectivity index (χ1n) is 9.08. The Balaban J connectivity index is 1.27. The molecule has 1 amide bonds. The van der Waals surface area contributed by atoms with Crippen molar-refractivity contribution in [1.82, 2.24) is 24.8 Å². The van der Waals surface area contributed by atoms with E-state index in [0.717, 1.165) is 35.8 Å². The molecule has 0 unspecified atom stereocenters. The molecule has 26 heavy (non-hydrogen) atoms. The Morgan fingerprint density at radius 2 is 1.92 bits per heavy atom. The number of aromatic nitrogens is 4. The van der Waals surface area contributed by atoms with Crippen LogP contribution in [0.3, 0.4) is 0 Å². The summed E-state index contributed by atoms with van der Waals surface area (Å²) in [6.07, 6.45) is 5.90. The van der Waals surface area contributed by atoms with Crippen molar-refractivity contribution in [2.24, 2.45) is 0 Å². The summed E-state index contributed by atoms with van der Waals surface area (Å²) in [6, 6.07) is 7.58. The number of aromatic amines is 1. The molecule has 132 valence electrons. The number of hydrogen-bond donors (Lipinski definition) is 1. The third kappa shape index (κ3) is 2.79. The minimum Gasteiger partial charge on any atom is -0.353 e. The topological polar surface area (TPSA) is 78.0 Å². The van der Waals surface area contributed by atoms with E-state index in [1.54, 1.807) is 6.33 Å². The highest BCUT2D eigenvalue weighted by Crippen LogP contribution is 2.38. The molecule has 7 nitrogen and oxygen atoms in total. The lowest BCUT2D eigenvalue weighted by atomic mass is 10.1. The van der Waals surface area contributed by atoms with Crippen LogP contribution in [0.15, 0.2) is 36.8 Å². The predicted molar refractivity (Wildman–Crippen MR) is 98.2 cm³/mol. The second kappa shape index (κ2) is 6.09. The summed E-state index contributed by atoms with van der Waals surface area (Å²) < 4.78 is 0. The van der Waals surface area contributed by atoms with Gasteiger partial charge < -0.3 is 14.8 Å². The molecule has 2 aromatic heterocycles. The van der Waals surface area contributed by atoms with E-state index in [4.69, 9.17) is 4.98 Å². The molecule has 0 radical (unpaired) electrons. The molecular weight excluding hydrogens is 328 g/mol. The summed E-state index contributed by atoms with van der Waals surface area (Å²) >= 11 is 0. The first-order valence-corrected chi connectivity index (χ1v) is 9.08. The number of piperazine rings is 1. The van der Waals surface area contributed by atoms with Crippen molar-refractivity contribution in [3.63, 3.8) is 0 Å². The molecule has 2 fully saturated rings. The Labute approximate surface area is 151 Å². The van der Waals surface area contributed by atoms with Crippen molar-refractivity contribution in [2.45, 2.75) is 18.8 Å². The van der Waals surface area contributed by atoms with Crippen molar-refractivity contribution in [1.29, 1.82) is 0 Å². The molecule has 3 heterocycles. The molecule has 0 bridgehead atoms. The standard InChI is InChI=1S/C19H20N6O/c26-19(14-3-4-15-16(11-14)22-12-21-15)25-9-7-24(8-10-25)17-5-6-20-18(23-17)13-1-2-13/h3-6,11-13H,1-2,7-10H2,(H,21,22). The van der Waals surface area contributed by atoms with Crippen LogP contribution in [0.25, 0.3) is 11.0 Å². The first-order chi connectivity index (χ1) is 12.8. The average molecular weight is 348 g/mol. The van der Waals surface area contributed by atoms with Crippen molar-refractivity contribution in [2.75, 3.05) is 31.1 Å². The number of benzene rings is 1. The monoisotopic (exact) mass is 348 g/mol. The van der Waals surface area contributed by atoms with Crippen molar-refractivity contribution < 1.29 is 4.79 Å². The maximum atomic E-state index is 12.8. The van der Waals surface area contributed by atoms with Gasteiger partial charge in [-0.25, -0.2) is 15.0 Å². The number of rotatable bonds is 3. The fraction of sp³-hybridized carbons (Fsp3) is 0.368. The van der Waals surface area contributed by atoms with Crippen LogP contribution in [-0.4, -0.2) is 56.9 Å². The molecule has 0 atom stereocenters. The highest BCUT2D eigenvalue weighted by Gasteiger charge is 2.28. The number of anilines is 1. The summed E-state index contributed by atoms with van der Waals surface area (Å²) in [5.41, 5.74) is 2.47. The second-order valence-electron chi connectivity index (χ2n) is 6.96. The maximum Gasteiger partial charge on any atom is 0.254 e. The number of carbonyl (C=O) groups is 1. The molecule has 1 aromatic carbocycles. The van der Waals surface area contributed by atoms with Gasteiger partial charge in [0.25, 0.3) is 5.91 Å². The van der Waals surface area contributed by atoms with Gasteiger partial charge in [-0.1, -0.05) is 0 Å². The largest absolute Gasteiger partial charge is 0.353 e. The van der Waals surface area contributed by atoms with Crippen LogP contribution in [0.1, 0.15) is 34.9 Å². The molecule has 3 aromatic rings. The van der Waals surface area contributed by atoms with E-state index in [1.165, 1.54) is 12.8 Å². The Bertz CT molecular complexity index is 955. The lowest BCUT2D eigenvalue weighted by molar-refractivity contribution is 0.0746. The SMILES string of the molecule is O=C(c1ccc2nc[nH]c2c1)N1CCN(c2ccnc(C3CC3)n2)CC1. The number of fused-ring (bicyclic) bond motifs is 1. The van der Waals surface area contributed by atoms with Gasteiger partial charge >= 0.3 is 0 Å². The summed E-state index contributed by atoms with van der Waals surface area (Å²) in [5, 5.41) is 0. The summed E-state index contributed by atoms with van der Waals surface area (Å²) in [4.78, 5) is 33.3.